The first-order valence-corrected chi connectivity index (χ1v) is 14.0. The van der Waals surface area contributed by atoms with Crippen molar-refractivity contribution in [1.82, 2.24) is 15.1 Å². The number of nitrogens with zero attached hydrogens (tertiary/aromatic N) is 3. The van der Waals surface area contributed by atoms with Gasteiger partial charge in [0.15, 0.2) is 0 Å². The van der Waals surface area contributed by atoms with Crippen LogP contribution >= 0.6 is 23.1 Å². The largest absolute Gasteiger partial charge is 0.352 e. The molecule has 0 radical (unpaired) electrons. The third-order valence-electron chi connectivity index (χ3n) is 6.27. The number of thioether (sulfide) groups is 1. The number of benzene rings is 1. The minimum atomic E-state index is -0.258. The lowest BCUT2D eigenvalue weighted by atomic mass is 9.88. The van der Waals surface area contributed by atoms with Crippen LogP contribution in [0.5, 0.6) is 0 Å². The van der Waals surface area contributed by atoms with Crippen molar-refractivity contribution in [1.29, 1.82) is 0 Å². The monoisotopic (exact) mass is 510 g/mol. The zero-order valence-electron chi connectivity index (χ0n) is 21.3. The van der Waals surface area contributed by atoms with Crippen LogP contribution in [0.3, 0.4) is 0 Å². The van der Waals surface area contributed by atoms with Crippen LogP contribution in [-0.4, -0.2) is 39.9 Å². The molecule has 0 aliphatic carbocycles. The Bertz CT molecular complexity index is 1210. The van der Waals surface area contributed by atoms with E-state index in [4.69, 9.17) is 5.10 Å². The van der Waals surface area contributed by atoms with Crippen LogP contribution in [0, 0.1) is 6.92 Å². The number of thiophene rings is 1. The molecule has 6 nitrogen and oxygen atoms in total. The first-order chi connectivity index (χ1) is 16.6. The van der Waals surface area contributed by atoms with Crippen molar-refractivity contribution in [3.8, 4) is 5.69 Å². The molecule has 0 bridgehead atoms. The van der Waals surface area contributed by atoms with Crippen LogP contribution in [0.1, 0.15) is 68.0 Å². The third-order valence-corrected chi connectivity index (χ3v) is 8.59. The molecule has 3 heterocycles. The van der Waals surface area contributed by atoms with Crippen molar-refractivity contribution in [2.24, 2.45) is 0 Å². The van der Waals surface area contributed by atoms with Crippen molar-refractivity contribution in [3.63, 3.8) is 0 Å². The van der Waals surface area contributed by atoms with Gasteiger partial charge in [-0.05, 0) is 43.3 Å². The van der Waals surface area contributed by atoms with E-state index in [1.807, 2.05) is 55.8 Å². The van der Waals surface area contributed by atoms with Crippen LogP contribution in [0.15, 0.2) is 41.8 Å². The summed E-state index contributed by atoms with van der Waals surface area (Å²) < 4.78 is 1.90. The van der Waals surface area contributed by atoms with E-state index in [0.717, 1.165) is 28.9 Å². The normalized spacial score (nSPS) is 17.1. The highest BCUT2D eigenvalue weighted by atomic mass is 32.2. The molecule has 2 atom stereocenters. The average molecular weight is 511 g/mol. The molecule has 35 heavy (non-hydrogen) atoms. The van der Waals surface area contributed by atoms with Gasteiger partial charge in [0.05, 0.1) is 22.4 Å². The van der Waals surface area contributed by atoms with Gasteiger partial charge in [-0.25, -0.2) is 4.68 Å². The summed E-state index contributed by atoms with van der Waals surface area (Å²) in [6.45, 7) is 12.5. The number of aromatic nitrogens is 2. The maximum atomic E-state index is 13.6. The molecule has 1 aliphatic rings. The number of anilines is 1. The zero-order chi connectivity index (χ0) is 25.3. The van der Waals surface area contributed by atoms with Crippen molar-refractivity contribution in [3.05, 3.63) is 63.5 Å². The number of carbonyl (C=O) groups is 2. The molecule has 2 amide bonds. The number of nitrogens with one attached hydrogen (secondary N) is 1. The summed E-state index contributed by atoms with van der Waals surface area (Å²) in [6.07, 6.45) is 0.830. The van der Waals surface area contributed by atoms with Gasteiger partial charge >= 0.3 is 0 Å². The summed E-state index contributed by atoms with van der Waals surface area (Å²) in [5.74, 6) is 0.764. The summed E-state index contributed by atoms with van der Waals surface area (Å²) >= 11 is 3.31. The molecular weight excluding hydrogens is 476 g/mol. The zero-order valence-corrected chi connectivity index (χ0v) is 22.9. The molecular formula is C27H34N4O2S2. The molecule has 0 spiro atoms. The topological polar surface area (TPSA) is 67.2 Å². The van der Waals surface area contributed by atoms with E-state index in [1.165, 1.54) is 4.88 Å². The van der Waals surface area contributed by atoms with Gasteiger partial charge in [-0.2, -0.15) is 5.10 Å². The Kier molecular flexibility index (Phi) is 7.43. The Hall–Kier alpha value is -2.58. The third kappa shape index (κ3) is 5.19. The maximum absolute atomic E-state index is 13.6. The molecule has 186 valence electrons. The lowest BCUT2D eigenvalue weighted by molar-refractivity contribution is -0.123. The number of aryl methyl sites for hydroxylation is 1. The smallest absolute Gasteiger partial charge is 0.240 e. The molecule has 1 aromatic carbocycles. The standard InChI is InChI=1S/C27H34N4O2S2/c1-7-18(3)28-21(32)15-30-22(33)16-35-24(20-13-10-14-34-20)23-25(27(4,5)6)29-31(26(23)30)19-12-9-8-11-17(19)2/h8-14,18,24H,7,15-16H2,1-6H3,(H,28,32)/t18-,24-/m0/s1. The van der Waals surface area contributed by atoms with Gasteiger partial charge in [-0.1, -0.05) is 52.0 Å². The Morgan fingerprint density at radius 1 is 1.23 bits per heavy atom. The van der Waals surface area contributed by atoms with Crippen molar-refractivity contribution < 1.29 is 9.59 Å². The first-order valence-electron chi connectivity index (χ1n) is 12.1. The van der Waals surface area contributed by atoms with Gasteiger partial charge in [0, 0.05) is 21.9 Å². The molecule has 0 saturated carbocycles. The fraction of sp³-hybridized carbons (Fsp3) is 0.444. The predicted molar refractivity (Wildman–Crippen MR) is 146 cm³/mol. The van der Waals surface area contributed by atoms with E-state index in [0.29, 0.717) is 11.6 Å². The summed E-state index contributed by atoms with van der Waals surface area (Å²) in [4.78, 5) is 29.5. The average Bonchev–Trinajstić information content (AvgIpc) is 3.44. The summed E-state index contributed by atoms with van der Waals surface area (Å²) in [5.41, 5.74) is 3.68. The van der Waals surface area contributed by atoms with Crippen LogP contribution in [0.2, 0.25) is 0 Å². The number of fused-ring (bicyclic) bond motifs is 1. The van der Waals surface area contributed by atoms with Gasteiger partial charge in [0.25, 0.3) is 0 Å². The van der Waals surface area contributed by atoms with Crippen molar-refractivity contribution >= 4 is 40.7 Å². The highest BCUT2D eigenvalue weighted by Gasteiger charge is 2.40. The molecule has 0 saturated heterocycles. The van der Waals surface area contributed by atoms with Crippen LogP contribution in [-0.2, 0) is 15.0 Å². The highest BCUT2D eigenvalue weighted by molar-refractivity contribution is 8.00. The molecule has 1 N–H and O–H groups in total. The van der Waals surface area contributed by atoms with Gasteiger partial charge < -0.3 is 5.32 Å². The molecule has 4 rings (SSSR count). The Morgan fingerprint density at radius 3 is 2.60 bits per heavy atom. The maximum Gasteiger partial charge on any atom is 0.240 e. The number of hydrogen-bond donors (Lipinski definition) is 1. The Labute approximate surface area is 216 Å². The fourth-order valence-electron chi connectivity index (χ4n) is 4.27. The van der Waals surface area contributed by atoms with E-state index < -0.39 is 0 Å². The lowest BCUT2D eigenvalue weighted by Crippen LogP contribution is -2.44. The van der Waals surface area contributed by atoms with Gasteiger partial charge in [-0.15, -0.1) is 23.1 Å². The first kappa shape index (κ1) is 25.5. The molecule has 0 unspecified atom stereocenters. The van der Waals surface area contributed by atoms with E-state index in [9.17, 15) is 9.59 Å². The molecule has 0 fully saturated rings. The predicted octanol–water partition coefficient (Wildman–Crippen LogP) is 5.62. The number of para-hydroxylation sites is 1. The summed E-state index contributed by atoms with van der Waals surface area (Å²) in [6, 6.07) is 12.3. The van der Waals surface area contributed by atoms with Crippen LogP contribution in [0.4, 0.5) is 5.82 Å². The van der Waals surface area contributed by atoms with Crippen LogP contribution < -0.4 is 10.2 Å². The summed E-state index contributed by atoms with van der Waals surface area (Å²) in [7, 11) is 0. The molecule has 1 aliphatic heterocycles. The molecule has 3 aromatic rings. The fourth-order valence-corrected chi connectivity index (χ4v) is 6.45. The Morgan fingerprint density at radius 2 is 1.97 bits per heavy atom. The van der Waals surface area contributed by atoms with E-state index >= 15 is 0 Å². The minimum Gasteiger partial charge on any atom is -0.352 e. The van der Waals surface area contributed by atoms with Gasteiger partial charge in [0.1, 0.15) is 12.4 Å². The quantitative estimate of drug-likeness (QED) is 0.467. The van der Waals surface area contributed by atoms with E-state index in [-0.39, 0.29) is 35.1 Å². The van der Waals surface area contributed by atoms with Gasteiger partial charge in [0.2, 0.25) is 11.8 Å². The van der Waals surface area contributed by atoms with E-state index in [2.05, 4.69) is 37.5 Å². The van der Waals surface area contributed by atoms with Gasteiger partial charge in [-0.3, -0.25) is 14.5 Å². The second-order valence-electron chi connectivity index (χ2n) is 10.1. The van der Waals surface area contributed by atoms with E-state index in [1.54, 1.807) is 28.0 Å². The summed E-state index contributed by atoms with van der Waals surface area (Å²) in [5, 5.41) is 10.2. The van der Waals surface area contributed by atoms with Crippen molar-refractivity contribution in [2.45, 2.75) is 64.7 Å². The number of carbonyl (C=O) groups excluding carboxylic acids is 2. The Balaban J connectivity index is 1.98. The minimum absolute atomic E-state index is 0.0327. The highest BCUT2D eigenvalue weighted by Crippen LogP contribution is 2.49. The lowest BCUT2D eigenvalue weighted by Gasteiger charge is -2.25. The second kappa shape index (κ2) is 10.2. The number of amides is 2. The SMILES string of the molecule is CC[C@H](C)NC(=O)CN1C(=O)CS[C@@H](c2cccs2)c2c(C(C)(C)C)nn(-c3ccccc3C)c21. The second-order valence-corrected chi connectivity index (χ2v) is 12.2. The molecule has 2 aromatic heterocycles. The van der Waals surface area contributed by atoms with Crippen molar-refractivity contribution in [2.75, 3.05) is 17.2 Å². The molecule has 8 heteroatoms. The number of rotatable bonds is 6. The van der Waals surface area contributed by atoms with Crippen LogP contribution in [0.25, 0.3) is 5.69 Å². The number of hydrogen-bond acceptors (Lipinski definition) is 5.